The number of unbranched alkanes of at least 4 members (excludes halogenated alkanes) is 2. The molecule has 1 fully saturated rings. The highest BCUT2D eigenvalue weighted by molar-refractivity contribution is 5.45. The summed E-state index contributed by atoms with van der Waals surface area (Å²) in [6, 6.07) is 11.8. The van der Waals surface area contributed by atoms with Gasteiger partial charge in [-0.3, -0.25) is 0 Å². The SMILES string of the molecule is [C-]#[N+]c1ccc(C2OCC(CCCCC[n+]3ccc(N(C)C)cc3)CO2)cc1. The van der Waals surface area contributed by atoms with Crippen LogP contribution < -0.4 is 9.47 Å². The fourth-order valence-electron chi connectivity index (χ4n) is 3.41. The maximum Gasteiger partial charge on any atom is 0.187 e. The predicted octanol–water partition coefficient (Wildman–Crippen LogP) is 4.51. The van der Waals surface area contributed by atoms with Gasteiger partial charge in [0.05, 0.1) is 19.8 Å². The number of benzene rings is 1. The predicted molar refractivity (Wildman–Crippen MR) is 110 cm³/mol. The lowest BCUT2D eigenvalue weighted by molar-refractivity contribution is -0.697. The van der Waals surface area contributed by atoms with E-state index in [0.717, 1.165) is 31.7 Å². The summed E-state index contributed by atoms with van der Waals surface area (Å²) in [4.78, 5) is 5.53. The van der Waals surface area contributed by atoms with Gasteiger partial charge in [-0.2, -0.15) is 0 Å². The Morgan fingerprint density at radius 3 is 2.29 bits per heavy atom. The summed E-state index contributed by atoms with van der Waals surface area (Å²) >= 11 is 0. The summed E-state index contributed by atoms with van der Waals surface area (Å²) in [5, 5.41) is 0. The third kappa shape index (κ3) is 5.79. The molecule has 5 heteroatoms. The summed E-state index contributed by atoms with van der Waals surface area (Å²) in [5.74, 6) is 0.478. The molecule has 1 aromatic heterocycles. The van der Waals surface area contributed by atoms with E-state index in [-0.39, 0.29) is 6.29 Å². The Kier molecular flexibility index (Phi) is 7.41. The van der Waals surface area contributed by atoms with Gasteiger partial charge in [0.2, 0.25) is 0 Å². The van der Waals surface area contributed by atoms with Crippen molar-refractivity contribution in [3.63, 3.8) is 0 Å². The lowest BCUT2D eigenvalue weighted by Crippen LogP contribution is -2.32. The van der Waals surface area contributed by atoms with Gasteiger partial charge in [0.25, 0.3) is 0 Å². The molecule has 0 amide bonds. The Hall–Kier alpha value is -2.42. The molecule has 0 bridgehead atoms. The quantitative estimate of drug-likeness (QED) is 0.383. The number of pyridine rings is 1. The minimum absolute atomic E-state index is 0.294. The highest BCUT2D eigenvalue weighted by Gasteiger charge is 2.23. The third-order valence-corrected chi connectivity index (χ3v) is 5.18. The second-order valence-corrected chi connectivity index (χ2v) is 7.61. The van der Waals surface area contributed by atoms with Crippen LogP contribution in [0.2, 0.25) is 0 Å². The largest absolute Gasteiger partial charge is 0.377 e. The zero-order valence-corrected chi connectivity index (χ0v) is 16.9. The maximum absolute atomic E-state index is 7.01. The molecule has 3 rings (SSSR count). The van der Waals surface area contributed by atoms with E-state index in [9.17, 15) is 0 Å². The molecule has 0 atom stereocenters. The fraction of sp³-hybridized carbons (Fsp3) is 0.478. The number of hydrogen-bond donors (Lipinski definition) is 0. The summed E-state index contributed by atoms with van der Waals surface area (Å²) < 4.78 is 14.1. The molecule has 148 valence electrons. The second-order valence-electron chi connectivity index (χ2n) is 7.61. The highest BCUT2D eigenvalue weighted by atomic mass is 16.7. The van der Waals surface area contributed by atoms with Crippen molar-refractivity contribution >= 4 is 11.4 Å². The first-order valence-corrected chi connectivity index (χ1v) is 10.0. The first-order chi connectivity index (χ1) is 13.7. The lowest BCUT2D eigenvalue weighted by atomic mass is 10.0. The molecule has 0 unspecified atom stereocenters. The van der Waals surface area contributed by atoms with Crippen LogP contribution in [-0.2, 0) is 16.0 Å². The van der Waals surface area contributed by atoms with Crippen molar-refractivity contribution in [2.75, 3.05) is 32.2 Å². The molecule has 0 saturated carbocycles. The van der Waals surface area contributed by atoms with Crippen LogP contribution in [0.25, 0.3) is 4.85 Å². The fourth-order valence-corrected chi connectivity index (χ4v) is 3.41. The van der Waals surface area contributed by atoms with E-state index < -0.39 is 0 Å². The van der Waals surface area contributed by atoms with Crippen LogP contribution in [0.15, 0.2) is 48.8 Å². The van der Waals surface area contributed by atoms with Gasteiger partial charge in [-0.15, -0.1) is 0 Å². The monoisotopic (exact) mass is 380 g/mol. The molecule has 0 N–H and O–H groups in total. The summed E-state index contributed by atoms with van der Waals surface area (Å²) in [5.41, 5.74) is 2.86. The average Bonchev–Trinajstić information content (AvgIpc) is 2.74. The van der Waals surface area contributed by atoms with Crippen LogP contribution in [0.3, 0.4) is 0 Å². The van der Waals surface area contributed by atoms with E-state index in [0.29, 0.717) is 11.6 Å². The van der Waals surface area contributed by atoms with E-state index in [1.807, 2.05) is 24.3 Å². The van der Waals surface area contributed by atoms with E-state index in [1.165, 1.54) is 24.9 Å². The van der Waals surface area contributed by atoms with Gasteiger partial charge in [-0.1, -0.05) is 30.7 Å². The molecule has 1 saturated heterocycles. The molecule has 0 aliphatic carbocycles. The molecule has 5 nitrogen and oxygen atoms in total. The zero-order chi connectivity index (χ0) is 19.8. The summed E-state index contributed by atoms with van der Waals surface area (Å²) in [6.45, 7) is 9.57. The van der Waals surface area contributed by atoms with Gasteiger partial charge in [0.15, 0.2) is 24.4 Å². The highest BCUT2D eigenvalue weighted by Crippen LogP contribution is 2.28. The molecular formula is C23H30N3O2+. The van der Waals surface area contributed by atoms with Crippen molar-refractivity contribution in [1.82, 2.24) is 0 Å². The van der Waals surface area contributed by atoms with Gasteiger partial charge in [-0.05, 0) is 12.8 Å². The molecule has 0 spiro atoms. The smallest absolute Gasteiger partial charge is 0.187 e. The lowest BCUT2D eigenvalue weighted by Gasteiger charge is -2.29. The van der Waals surface area contributed by atoms with Crippen molar-refractivity contribution < 1.29 is 14.0 Å². The van der Waals surface area contributed by atoms with Crippen molar-refractivity contribution in [3.05, 3.63) is 65.8 Å². The van der Waals surface area contributed by atoms with Crippen LogP contribution >= 0.6 is 0 Å². The Bertz CT molecular complexity index is 758. The first-order valence-electron chi connectivity index (χ1n) is 10.0. The third-order valence-electron chi connectivity index (χ3n) is 5.18. The van der Waals surface area contributed by atoms with Crippen molar-refractivity contribution in [2.24, 2.45) is 5.92 Å². The van der Waals surface area contributed by atoms with Gasteiger partial charge in [0, 0.05) is 49.8 Å². The van der Waals surface area contributed by atoms with E-state index >= 15 is 0 Å². The number of hydrogen-bond acceptors (Lipinski definition) is 3. The summed E-state index contributed by atoms with van der Waals surface area (Å²) in [6.07, 6.45) is 8.78. The van der Waals surface area contributed by atoms with Crippen LogP contribution in [0.4, 0.5) is 11.4 Å². The van der Waals surface area contributed by atoms with Gasteiger partial charge >= 0.3 is 0 Å². The molecule has 1 aliphatic heterocycles. The number of aromatic nitrogens is 1. The molecule has 1 aromatic carbocycles. The molecule has 2 aromatic rings. The van der Waals surface area contributed by atoms with Crippen molar-refractivity contribution in [2.45, 2.75) is 38.5 Å². The normalized spacial score (nSPS) is 19.2. The average molecular weight is 381 g/mol. The zero-order valence-electron chi connectivity index (χ0n) is 16.9. The Labute approximate surface area is 168 Å². The van der Waals surface area contributed by atoms with E-state index in [4.69, 9.17) is 16.0 Å². The van der Waals surface area contributed by atoms with Crippen LogP contribution in [0.5, 0.6) is 0 Å². The molecule has 0 radical (unpaired) electrons. The number of anilines is 1. The Morgan fingerprint density at radius 1 is 1.00 bits per heavy atom. The molecule has 28 heavy (non-hydrogen) atoms. The molecule has 2 heterocycles. The Morgan fingerprint density at radius 2 is 1.68 bits per heavy atom. The summed E-state index contributed by atoms with van der Waals surface area (Å²) in [7, 11) is 4.12. The molecule has 1 aliphatic rings. The first kappa shape index (κ1) is 20.3. The van der Waals surface area contributed by atoms with Crippen LogP contribution in [0, 0.1) is 12.5 Å². The minimum Gasteiger partial charge on any atom is -0.377 e. The minimum atomic E-state index is -0.294. The van der Waals surface area contributed by atoms with E-state index in [2.05, 4.69) is 52.9 Å². The number of nitrogens with zero attached hydrogens (tertiary/aromatic N) is 3. The standard InChI is InChI=1S/C23H30N3O2/c1-24-21-10-8-20(9-11-21)23-27-17-19(18-28-23)7-5-4-6-14-26-15-12-22(13-16-26)25(2)3/h8-13,15-16,19,23H,4-7,14,17-18H2,2-3H3/q+1. The molecular weight excluding hydrogens is 350 g/mol. The Balaban J connectivity index is 1.30. The van der Waals surface area contributed by atoms with Crippen LogP contribution in [-0.4, -0.2) is 27.3 Å². The van der Waals surface area contributed by atoms with Gasteiger partial charge in [-0.25, -0.2) is 9.41 Å². The topological polar surface area (TPSA) is 29.9 Å². The number of aryl methyl sites for hydroxylation is 1. The van der Waals surface area contributed by atoms with Crippen molar-refractivity contribution in [3.8, 4) is 0 Å². The van der Waals surface area contributed by atoms with Crippen LogP contribution in [0.1, 0.15) is 37.5 Å². The van der Waals surface area contributed by atoms with E-state index in [1.54, 1.807) is 0 Å². The van der Waals surface area contributed by atoms with Gasteiger partial charge in [0.1, 0.15) is 6.54 Å². The number of ether oxygens (including phenoxy) is 2. The van der Waals surface area contributed by atoms with Crippen molar-refractivity contribution in [1.29, 1.82) is 0 Å². The van der Waals surface area contributed by atoms with Gasteiger partial charge < -0.3 is 14.4 Å². The number of rotatable bonds is 8. The maximum atomic E-state index is 7.01. The second kappa shape index (κ2) is 10.2.